The average molecular weight is 338 g/mol. The smallest absolute Gasteiger partial charge is 0.129 e. The Bertz CT molecular complexity index is 774. The first-order valence-corrected chi connectivity index (χ1v) is 8.67. The molecule has 1 aliphatic heterocycles. The third-order valence-corrected chi connectivity index (χ3v) is 4.76. The lowest BCUT2D eigenvalue weighted by Crippen LogP contribution is -2.31. The molecule has 1 aromatic carbocycles. The van der Waals surface area contributed by atoms with Gasteiger partial charge in [-0.2, -0.15) is 5.26 Å². The van der Waals surface area contributed by atoms with E-state index in [1.165, 1.54) is 6.07 Å². The monoisotopic (exact) mass is 338 g/mol. The van der Waals surface area contributed by atoms with Crippen LogP contribution in [-0.2, 0) is 6.54 Å². The molecule has 0 radical (unpaired) electrons. The molecule has 0 unspecified atom stereocenters. The molecule has 1 saturated heterocycles. The number of benzene rings is 1. The quantitative estimate of drug-likeness (QED) is 0.860. The van der Waals surface area contributed by atoms with Crippen LogP contribution in [0.5, 0.6) is 0 Å². The number of nitriles is 1. The second-order valence-electron chi connectivity index (χ2n) is 6.58. The highest BCUT2D eigenvalue weighted by Gasteiger charge is 2.18. The van der Waals surface area contributed by atoms with E-state index in [2.05, 4.69) is 20.9 Å². The van der Waals surface area contributed by atoms with E-state index >= 15 is 0 Å². The Morgan fingerprint density at radius 1 is 1.16 bits per heavy atom. The summed E-state index contributed by atoms with van der Waals surface area (Å²) in [6, 6.07) is 11.2. The standard InChI is InChI=1S/C20H23FN4/c1-15-12-20(23-16(2)18(15)13-22)25-9-5-8-24(10-11-25)14-17-6-3-4-7-19(17)21/h3-4,6-7,12H,5,8-11,14H2,1-2H3. The van der Waals surface area contributed by atoms with Crippen molar-refractivity contribution in [2.45, 2.75) is 26.8 Å². The number of anilines is 1. The maximum atomic E-state index is 13.9. The number of aromatic nitrogens is 1. The van der Waals surface area contributed by atoms with Gasteiger partial charge in [0.15, 0.2) is 0 Å². The van der Waals surface area contributed by atoms with Gasteiger partial charge >= 0.3 is 0 Å². The summed E-state index contributed by atoms with van der Waals surface area (Å²) in [7, 11) is 0. The van der Waals surface area contributed by atoms with Gasteiger partial charge in [-0.3, -0.25) is 4.90 Å². The van der Waals surface area contributed by atoms with Crippen LogP contribution < -0.4 is 4.90 Å². The van der Waals surface area contributed by atoms with E-state index < -0.39 is 0 Å². The molecule has 25 heavy (non-hydrogen) atoms. The number of nitrogens with zero attached hydrogens (tertiary/aromatic N) is 4. The average Bonchev–Trinajstić information content (AvgIpc) is 2.82. The van der Waals surface area contributed by atoms with E-state index in [4.69, 9.17) is 0 Å². The molecule has 5 heteroatoms. The number of rotatable bonds is 3. The summed E-state index contributed by atoms with van der Waals surface area (Å²) in [5.41, 5.74) is 3.17. The molecular formula is C20H23FN4. The molecule has 0 spiro atoms. The van der Waals surface area contributed by atoms with Gasteiger partial charge in [-0.15, -0.1) is 0 Å². The molecule has 2 aromatic rings. The van der Waals surface area contributed by atoms with Crippen molar-refractivity contribution in [1.82, 2.24) is 9.88 Å². The van der Waals surface area contributed by atoms with E-state index in [-0.39, 0.29) is 5.82 Å². The first kappa shape index (κ1) is 17.4. The lowest BCUT2D eigenvalue weighted by atomic mass is 10.1. The first-order chi connectivity index (χ1) is 12.1. The predicted molar refractivity (Wildman–Crippen MR) is 96.9 cm³/mol. The van der Waals surface area contributed by atoms with Gasteiger partial charge in [-0.25, -0.2) is 9.37 Å². The number of halogens is 1. The van der Waals surface area contributed by atoms with Crippen molar-refractivity contribution in [3.8, 4) is 6.07 Å². The van der Waals surface area contributed by atoms with Crippen molar-refractivity contribution < 1.29 is 4.39 Å². The van der Waals surface area contributed by atoms with Gasteiger partial charge in [0.2, 0.25) is 0 Å². The van der Waals surface area contributed by atoms with Crippen molar-refractivity contribution in [3.05, 3.63) is 58.5 Å². The fourth-order valence-electron chi connectivity index (χ4n) is 3.37. The Morgan fingerprint density at radius 2 is 1.96 bits per heavy atom. The normalized spacial score (nSPS) is 15.7. The van der Waals surface area contributed by atoms with E-state index in [1.54, 1.807) is 6.07 Å². The topological polar surface area (TPSA) is 43.2 Å². The van der Waals surface area contributed by atoms with Crippen molar-refractivity contribution in [2.24, 2.45) is 0 Å². The van der Waals surface area contributed by atoms with Gasteiger partial charge in [0.25, 0.3) is 0 Å². The lowest BCUT2D eigenvalue weighted by molar-refractivity contribution is 0.281. The third kappa shape index (κ3) is 3.97. The van der Waals surface area contributed by atoms with Gasteiger partial charge in [0.05, 0.1) is 11.3 Å². The van der Waals surface area contributed by atoms with Crippen LogP contribution >= 0.6 is 0 Å². The highest BCUT2D eigenvalue weighted by molar-refractivity contribution is 5.50. The van der Waals surface area contributed by atoms with Gasteiger partial charge in [0.1, 0.15) is 17.7 Å². The molecule has 130 valence electrons. The first-order valence-electron chi connectivity index (χ1n) is 8.67. The summed E-state index contributed by atoms with van der Waals surface area (Å²) < 4.78 is 13.9. The van der Waals surface area contributed by atoms with Crippen LogP contribution in [0.4, 0.5) is 10.2 Å². The van der Waals surface area contributed by atoms with E-state index in [1.807, 2.05) is 32.0 Å². The number of aryl methyl sites for hydroxylation is 2. The molecule has 0 saturated carbocycles. The molecule has 1 fully saturated rings. The summed E-state index contributed by atoms with van der Waals surface area (Å²) in [5.74, 6) is 0.797. The second-order valence-corrected chi connectivity index (χ2v) is 6.58. The predicted octanol–water partition coefficient (Wildman–Crippen LogP) is 3.42. The molecule has 0 N–H and O–H groups in total. The SMILES string of the molecule is Cc1cc(N2CCCN(Cc3ccccc3F)CC2)nc(C)c1C#N. The van der Waals surface area contributed by atoms with Gasteiger partial charge in [-0.05, 0) is 38.0 Å². The molecule has 4 nitrogen and oxygen atoms in total. The van der Waals surface area contributed by atoms with Crippen LogP contribution in [0.15, 0.2) is 30.3 Å². The van der Waals surface area contributed by atoms with E-state index in [0.717, 1.165) is 55.2 Å². The van der Waals surface area contributed by atoms with Crippen molar-refractivity contribution in [2.75, 3.05) is 31.1 Å². The maximum absolute atomic E-state index is 13.9. The third-order valence-electron chi connectivity index (χ3n) is 4.76. The summed E-state index contributed by atoms with van der Waals surface area (Å²) in [6.07, 6.45) is 1.01. The van der Waals surface area contributed by atoms with Crippen LogP contribution in [-0.4, -0.2) is 36.1 Å². The van der Waals surface area contributed by atoms with Crippen LogP contribution in [0.2, 0.25) is 0 Å². The molecular weight excluding hydrogens is 315 g/mol. The van der Waals surface area contributed by atoms with E-state index in [0.29, 0.717) is 12.1 Å². The number of hydrogen-bond donors (Lipinski definition) is 0. The summed E-state index contributed by atoms with van der Waals surface area (Å²) >= 11 is 0. The molecule has 0 bridgehead atoms. The van der Waals surface area contributed by atoms with Gasteiger partial charge in [-0.1, -0.05) is 18.2 Å². The van der Waals surface area contributed by atoms with Crippen molar-refractivity contribution in [1.29, 1.82) is 5.26 Å². The summed E-state index contributed by atoms with van der Waals surface area (Å²) in [4.78, 5) is 9.18. The zero-order valence-electron chi connectivity index (χ0n) is 14.8. The Kier molecular flexibility index (Phi) is 5.30. The van der Waals surface area contributed by atoms with Gasteiger partial charge in [0, 0.05) is 38.3 Å². The highest BCUT2D eigenvalue weighted by atomic mass is 19.1. The van der Waals surface area contributed by atoms with E-state index in [9.17, 15) is 9.65 Å². The zero-order valence-corrected chi connectivity index (χ0v) is 14.8. The van der Waals surface area contributed by atoms with Gasteiger partial charge < -0.3 is 4.90 Å². The Hall–Kier alpha value is -2.45. The number of hydrogen-bond acceptors (Lipinski definition) is 4. The molecule has 0 atom stereocenters. The van der Waals surface area contributed by atoms with Crippen LogP contribution in [0, 0.1) is 31.0 Å². The fraction of sp³-hybridized carbons (Fsp3) is 0.400. The van der Waals surface area contributed by atoms with Crippen LogP contribution in [0.3, 0.4) is 0 Å². The van der Waals surface area contributed by atoms with Crippen molar-refractivity contribution in [3.63, 3.8) is 0 Å². The molecule has 1 aromatic heterocycles. The van der Waals surface area contributed by atoms with Crippen molar-refractivity contribution >= 4 is 5.82 Å². The second kappa shape index (κ2) is 7.62. The Balaban J connectivity index is 1.70. The lowest BCUT2D eigenvalue weighted by Gasteiger charge is -2.24. The largest absolute Gasteiger partial charge is 0.355 e. The molecule has 1 aliphatic rings. The zero-order chi connectivity index (χ0) is 17.8. The highest BCUT2D eigenvalue weighted by Crippen LogP contribution is 2.21. The summed E-state index contributed by atoms with van der Waals surface area (Å²) in [5, 5.41) is 9.20. The maximum Gasteiger partial charge on any atom is 0.129 e. The van der Waals surface area contributed by atoms with Crippen LogP contribution in [0.1, 0.15) is 28.8 Å². The number of pyridine rings is 1. The molecule has 2 heterocycles. The Morgan fingerprint density at radius 3 is 2.68 bits per heavy atom. The Labute approximate surface area is 148 Å². The minimum absolute atomic E-state index is 0.136. The summed E-state index contributed by atoms with van der Waals surface area (Å²) in [6.45, 7) is 8.07. The van der Waals surface area contributed by atoms with Crippen LogP contribution in [0.25, 0.3) is 0 Å². The molecule has 0 amide bonds. The molecule has 3 rings (SSSR count). The molecule has 0 aliphatic carbocycles. The minimum atomic E-state index is -0.136. The fourth-order valence-corrected chi connectivity index (χ4v) is 3.37. The minimum Gasteiger partial charge on any atom is -0.355 e.